The lowest BCUT2D eigenvalue weighted by Gasteiger charge is -2.14. The molecule has 0 amide bonds. The Morgan fingerprint density at radius 1 is 0.310 bits per heavy atom. The minimum absolute atomic E-state index is 0.624. The van der Waals surface area contributed by atoms with Crippen molar-refractivity contribution in [2.45, 2.75) is 0 Å². The molecule has 3 nitrogen and oxygen atoms in total. The molecule has 0 radical (unpaired) electrons. The van der Waals surface area contributed by atoms with E-state index in [9.17, 15) is 5.26 Å². The van der Waals surface area contributed by atoms with Crippen LogP contribution >= 0.6 is 0 Å². The molecule has 11 rings (SSSR count). The molecule has 0 spiro atoms. The van der Waals surface area contributed by atoms with Crippen molar-refractivity contribution in [1.29, 1.82) is 5.26 Å². The van der Waals surface area contributed by atoms with Gasteiger partial charge in [-0.3, -0.25) is 0 Å². The monoisotopic (exact) mass is 737 g/mol. The van der Waals surface area contributed by atoms with Gasteiger partial charge in [-0.2, -0.15) is 5.26 Å². The van der Waals surface area contributed by atoms with Crippen LogP contribution in [0, 0.1) is 11.3 Å². The molecule has 0 aliphatic heterocycles. The Kier molecular flexibility index (Phi) is 7.88. The number of hydrogen-bond donors (Lipinski definition) is 0. The fourth-order valence-electron chi connectivity index (χ4n) is 8.85. The Morgan fingerprint density at radius 2 is 0.810 bits per heavy atom. The van der Waals surface area contributed by atoms with Crippen LogP contribution in [-0.4, -0.2) is 9.13 Å². The van der Waals surface area contributed by atoms with E-state index < -0.39 is 0 Å². The first-order valence-corrected chi connectivity index (χ1v) is 19.6. The highest BCUT2D eigenvalue weighted by Crippen LogP contribution is 2.40. The summed E-state index contributed by atoms with van der Waals surface area (Å²) in [5, 5.41) is 15.0. The lowest BCUT2D eigenvalue weighted by atomic mass is 9.97. The minimum atomic E-state index is 0.624. The van der Waals surface area contributed by atoms with Crippen molar-refractivity contribution in [3.63, 3.8) is 0 Å². The number of para-hydroxylation sites is 3. The second-order valence-electron chi connectivity index (χ2n) is 14.9. The smallest absolute Gasteiger partial charge is 0.0992 e. The largest absolute Gasteiger partial charge is 0.309 e. The Labute approximate surface area is 336 Å². The molecule has 0 saturated heterocycles. The summed E-state index contributed by atoms with van der Waals surface area (Å²) >= 11 is 0. The molecule has 0 aliphatic rings. The Bertz CT molecular complexity index is 3400. The molecule has 0 unspecified atom stereocenters. The van der Waals surface area contributed by atoms with Gasteiger partial charge < -0.3 is 9.13 Å². The maximum atomic E-state index is 10.3. The van der Waals surface area contributed by atoms with Crippen LogP contribution in [0.2, 0.25) is 0 Å². The molecular formula is C55H35N3. The van der Waals surface area contributed by atoms with Crippen molar-refractivity contribution in [3.8, 4) is 62.0 Å². The maximum absolute atomic E-state index is 10.3. The van der Waals surface area contributed by atoms with Crippen molar-refractivity contribution in [1.82, 2.24) is 9.13 Å². The van der Waals surface area contributed by atoms with Crippen molar-refractivity contribution >= 4 is 43.6 Å². The predicted molar refractivity (Wildman–Crippen MR) is 242 cm³/mol. The number of benzene rings is 9. The molecule has 270 valence electrons. The van der Waals surface area contributed by atoms with Crippen LogP contribution < -0.4 is 0 Å². The van der Waals surface area contributed by atoms with Gasteiger partial charge in [0.05, 0.1) is 39.4 Å². The van der Waals surface area contributed by atoms with E-state index in [-0.39, 0.29) is 0 Å². The van der Waals surface area contributed by atoms with E-state index in [1.54, 1.807) is 0 Å². The fraction of sp³-hybridized carbons (Fsp3) is 0. The van der Waals surface area contributed by atoms with Gasteiger partial charge in [0, 0.05) is 32.8 Å². The minimum Gasteiger partial charge on any atom is -0.309 e. The summed E-state index contributed by atoms with van der Waals surface area (Å²) in [4.78, 5) is 0. The van der Waals surface area contributed by atoms with Crippen LogP contribution in [-0.2, 0) is 0 Å². The fourth-order valence-corrected chi connectivity index (χ4v) is 8.85. The average Bonchev–Trinajstić information content (AvgIpc) is 3.81. The lowest BCUT2D eigenvalue weighted by molar-refractivity contribution is 1.18. The second kappa shape index (κ2) is 13.7. The number of nitriles is 1. The van der Waals surface area contributed by atoms with E-state index in [1.807, 2.05) is 18.2 Å². The number of nitrogens with zero attached hydrogens (tertiary/aromatic N) is 3. The molecule has 9 aromatic carbocycles. The zero-order valence-corrected chi connectivity index (χ0v) is 31.5. The first kappa shape index (κ1) is 33.4. The summed E-state index contributed by atoms with van der Waals surface area (Å²) < 4.78 is 4.72. The topological polar surface area (TPSA) is 33.6 Å². The molecule has 0 bridgehead atoms. The molecular weight excluding hydrogens is 703 g/mol. The number of fused-ring (bicyclic) bond motifs is 6. The van der Waals surface area contributed by atoms with E-state index in [4.69, 9.17) is 0 Å². The molecule has 2 aromatic heterocycles. The first-order chi connectivity index (χ1) is 28.7. The van der Waals surface area contributed by atoms with Gasteiger partial charge in [-0.15, -0.1) is 0 Å². The van der Waals surface area contributed by atoms with Crippen molar-refractivity contribution in [2.24, 2.45) is 0 Å². The third kappa shape index (κ3) is 5.51. The van der Waals surface area contributed by atoms with Crippen molar-refractivity contribution < 1.29 is 0 Å². The van der Waals surface area contributed by atoms with Gasteiger partial charge in [0.15, 0.2) is 0 Å². The summed E-state index contributed by atoms with van der Waals surface area (Å²) in [6.45, 7) is 0. The SMILES string of the molecule is N#Cc1cc(-c2cccc(-c3ccccc3)c2)cc(-n2c3ccccc3c3cc(-c4ccc5c(c4)c4ccccc4n5-c4ccccc4-c4ccccc4)ccc32)c1. The van der Waals surface area contributed by atoms with Gasteiger partial charge in [0.25, 0.3) is 0 Å². The summed E-state index contributed by atoms with van der Waals surface area (Å²) in [6.07, 6.45) is 0. The molecule has 58 heavy (non-hydrogen) atoms. The van der Waals surface area contributed by atoms with E-state index >= 15 is 0 Å². The molecule has 0 N–H and O–H groups in total. The quantitative estimate of drug-likeness (QED) is 0.167. The lowest BCUT2D eigenvalue weighted by Crippen LogP contribution is -1.97. The van der Waals surface area contributed by atoms with Gasteiger partial charge >= 0.3 is 0 Å². The van der Waals surface area contributed by atoms with Gasteiger partial charge in [-0.05, 0) is 106 Å². The third-order valence-electron chi connectivity index (χ3n) is 11.5. The van der Waals surface area contributed by atoms with E-state index in [0.29, 0.717) is 5.56 Å². The van der Waals surface area contributed by atoms with Crippen LogP contribution in [0.25, 0.3) is 99.5 Å². The number of rotatable bonds is 6. The molecule has 0 aliphatic carbocycles. The summed E-state index contributed by atoms with van der Waals surface area (Å²) in [6, 6.07) is 78.0. The second-order valence-corrected chi connectivity index (χ2v) is 14.9. The highest BCUT2D eigenvalue weighted by molar-refractivity contribution is 6.13. The zero-order valence-electron chi connectivity index (χ0n) is 31.5. The molecule has 11 aromatic rings. The number of hydrogen-bond acceptors (Lipinski definition) is 1. The van der Waals surface area contributed by atoms with E-state index in [2.05, 4.69) is 209 Å². The van der Waals surface area contributed by atoms with Crippen LogP contribution in [0.1, 0.15) is 5.56 Å². The molecule has 2 heterocycles. The molecule has 3 heteroatoms. The normalized spacial score (nSPS) is 11.4. The van der Waals surface area contributed by atoms with Crippen LogP contribution in [0.5, 0.6) is 0 Å². The van der Waals surface area contributed by atoms with Gasteiger partial charge in [0.1, 0.15) is 0 Å². The maximum Gasteiger partial charge on any atom is 0.0992 e. The van der Waals surface area contributed by atoms with Gasteiger partial charge in [-0.25, -0.2) is 0 Å². The third-order valence-corrected chi connectivity index (χ3v) is 11.5. The van der Waals surface area contributed by atoms with Crippen LogP contribution in [0.3, 0.4) is 0 Å². The van der Waals surface area contributed by atoms with Crippen LogP contribution in [0.4, 0.5) is 0 Å². The zero-order chi connectivity index (χ0) is 38.6. The predicted octanol–water partition coefficient (Wildman–Crippen LogP) is 14.4. The Balaban J connectivity index is 1.05. The van der Waals surface area contributed by atoms with Crippen molar-refractivity contribution in [3.05, 3.63) is 218 Å². The molecule has 0 atom stereocenters. The first-order valence-electron chi connectivity index (χ1n) is 19.6. The highest BCUT2D eigenvalue weighted by atomic mass is 15.0. The molecule has 0 saturated carbocycles. The van der Waals surface area contributed by atoms with E-state index in [0.717, 1.165) is 55.8 Å². The van der Waals surface area contributed by atoms with Gasteiger partial charge in [0.2, 0.25) is 0 Å². The van der Waals surface area contributed by atoms with E-state index in [1.165, 1.54) is 43.7 Å². The summed E-state index contributed by atoms with van der Waals surface area (Å²) in [7, 11) is 0. The summed E-state index contributed by atoms with van der Waals surface area (Å²) in [5.74, 6) is 0. The van der Waals surface area contributed by atoms with Crippen LogP contribution in [0.15, 0.2) is 212 Å². The standard InChI is InChI=1S/C55H35N3/c56-36-37-30-44(41-19-13-18-40(32-41)38-14-3-1-4-15-38)33-45(31-37)57-52-24-11-8-21-47(52)49-34-42(26-28-54(49)57)43-27-29-55-50(35-43)48-22-9-12-25-53(48)58(55)51-23-10-7-20-46(51)39-16-5-2-6-17-39/h1-35H. The summed E-state index contributed by atoms with van der Waals surface area (Å²) in [5.41, 5.74) is 16.4. The Morgan fingerprint density at radius 3 is 1.48 bits per heavy atom. The number of aromatic nitrogens is 2. The molecule has 0 fully saturated rings. The average molecular weight is 738 g/mol. The van der Waals surface area contributed by atoms with Crippen molar-refractivity contribution in [2.75, 3.05) is 0 Å². The highest BCUT2D eigenvalue weighted by Gasteiger charge is 2.18. The van der Waals surface area contributed by atoms with Gasteiger partial charge in [-0.1, -0.05) is 146 Å². The Hall–Kier alpha value is -7.93.